The predicted octanol–water partition coefficient (Wildman–Crippen LogP) is 0.920. The summed E-state index contributed by atoms with van der Waals surface area (Å²) in [7, 11) is -1.86. The molecule has 1 aliphatic rings. The SMILES string of the molecule is CN1C[C@H](O)C[C@H]1c1nc(CS(=O)(=O)c2ccc(F)cc2)no1. The largest absolute Gasteiger partial charge is 0.392 e. The molecule has 0 spiro atoms. The van der Waals surface area contributed by atoms with E-state index < -0.39 is 27.5 Å². The monoisotopic (exact) mass is 341 g/mol. The lowest BCUT2D eigenvalue weighted by Crippen LogP contribution is -2.19. The number of aliphatic hydroxyl groups excluding tert-OH is 1. The van der Waals surface area contributed by atoms with Crippen LogP contribution in [0.3, 0.4) is 0 Å². The molecule has 2 atom stereocenters. The van der Waals surface area contributed by atoms with Crippen molar-refractivity contribution in [3.63, 3.8) is 0 Å². The molecule has 1 N–H and O–H groups in total. The molecule has 2 aromatic rings. The van der Waals surface area contributed by atoms with E-state index in [0.717, 1.165) is 12.1 Å². The number of benzene rings is 1. The van der Waals surface area contributed by atoms with Gasteiger partial charge in [0.15, 0.2) is 15.7 Å². The number of hydrogen-bond donors (Lipinski definition) is 1. The van der Waals surface area contributed by atoms with Crippen LogP contribution < -0.4 is 0 Å². The molecule has 3 rings (SSSR count). The van der Waals surface area contributed by atoms with Gasteiger partial charge in [-0.15, -0.1) is 0 Å². The number of rotatable bonds is 4. The van der Waals surface area contributed by atoms with E-state index in [4.69, 9.17) is 4.52 Å². The molecule has 0 radical (unpaired) electrons. The summed E-state index contributed by atoms with van der Waals surface area (Å²) in [6.07, 6.45) is -0.00801. The lowest BCUT2D eigenvalue weighted by atomic mass is 10.2. The second kappa shape index (κ2) is 5.99. The van der Waals surface area contributed by atoms with Crippen LogP contribution in [0, 0.1) is 5.82 Å². The summed E-state index contributed by atoms with van der Waals surface area (Å²) in [6.45, 7) is 0.496. The zero-order valence-corrected chi connectivity index (χ0v) is 13.2. The standard InChI is InChI=1S/C14H16FN3O4S/c1-18-7-10(19)6-12(18)14-16-13(17-22-14)8-23(20,21)11-4-2-9(15)3-5-11/h2-5,10,12,19H,6-8H2,1H3/t10-,12+/m1/s1. The molecule has 0 bridgehead atoms. The molecule has 0 amide bonds. The molecule has 0 aliphatic carbocycles. The van der Waals surface area contributed by atoms with Gasteiger partial charge >= 0.3 is 0 Å². The van der Waals surface area contributed by atoms with Crippen molar-refractivity contribution in [2.75, 3.05) is 13.6 Å². The third-order valence-corrected chi connectivity index (χ3v) is 5.42. The first-order valence-corrected chi connectivity index (χ1v) is 8.69. The highest BCUT2D eigenvalue weighted by Crippen LogP contribution is 2.29. The van der Waals surface area contributed by atoms with Crippen LogP contribution in [-0.2, 0) is 15.6 Å². The van der Waals surface area contributed by atoms with E-state index in [1.54, 1.807) is 0 Å². The second-order valence-corrected chi connectivity index (χ2v) is 7.60. The summed E-state index contributed by atoms with van der Waals surface area (Å²) in [4.78, 5) is 5.99. The van der Waals surface area contributed by atoms with Crippen LogP contribution in [0.2, 0.25) is 0 Å². The number of likely N-dealkylation sites (tertiary alicyclic amines) is 1. The second-order valence-electron chi connectivity index (χ2n) is 5.61. The average molecular weight is 341 g/mol. The molecule has 2 heterocycles. The van der Waals surface area contributed by atoms with Crippen LogP contribution >= 0.6 is 0 Å². The van der Waals surface area contributed by atoms with Crippen LogP contribution in [0.5, 0.6) is 0 Å². The van der Waals surface area contributed by atoms with Gasteiger partial charge < -0.3 is 9.63 Å². The normalized spacial score (nSPS) is 22.6. The van der Waals surface area contributed by atoms with Gasteiger partial charge in [0.1, 0.15) is 11.6 Å². The summed E-state index contributed by atoms with van der Waals surface area (Å²) < 4.78 is 42.5. The van der Waals surface area contributed by atoms with Crippen LogP contribution in [0.1, 0.15) is 24.2 Å². The first kappa shape index (κ1) is 16.0. The van der Waals surface area contributed by atoms with Gasteiger partial charge in [0.05, 0.1) is 17.0 Å². The van der Waals surface area contributed by atoms with Gasteiger partial charge in [-0.1, -0.05) is 5.16 Å². The Morgan fingerprint density at radius 1 is 1.39 bits per heavy atom. The van der Waals surface area contributed by atoms with Gasteiger partial charge in [0.2, 0.25) is 5.89 Å². The van der Waals surface area contributed by atoms with Gasteiger partial charge in [-0.3, -0.25) is 4.90 Å². The Labute approximate surface area is 132 Å². The molecular weight excluding hydrogens is 325 g/mol. The fourth-order valence-corrected chi connectivity index (χ4v) is 3.79. The quantitative estimate of drug-likeness (QED) is 0.826. The summed E-state index contributed by atoms with van der Waals surface area (Å²) in [5.74, 6) is -0.609. The fraction of sp³-hybridized carbons (Fsp3) is 0.429. The number of halogens is 1. The number of aromatic nitrogens is 2. The first-order valence-electron chi connectivity index (χ1n) is 7.04. The van der Waals surface area contributed by atoms with E-state index in [-0.39, 0.29) is 22.7 Å². The summed E-state index contributed by atoms with van der Waals surface area (Å²) >= 11 is 0. The van der Waals surface area contributed by atoms with E-state index >= 15 is 0 Å². The fourth-order valence-electron chi connectivity index (χ4n) is 2.62. The molecule has 1 aromatic carbocycles. The van der Waals surface area contributed by atoms with Gasteiger partial charge in [-0.05, 0) is 37.7 Å². The molecule has 1 aromatic heterocycles. The van der Waals surface area contributed by atoms with Crippen molar-refractivity contribution in [1.29, 1.82) is 0 Å². The van der Waals surface area contributed by atoms with Crippen molar-refractivity contribution in [1.82, 2.24) is 15.0 Å². The van der Waals surface area contributed by atoms with Crippen LogP contribution in [0.25, 0.3) is 0 Å². The minimum absolute atomic E-state index is 0.00124. The predicted molar refractivity (Wildman–Crippen MR) is 77.6 cm³/mol. The van der Waals surface area contributed by atoms with E-state index in [0.29, 0.717) is 13.0 Å². The van der Waals surface area contributed by atoms with Gasteiger partial charge in [0, 0.05) is 6.54 Å². The number of hydrogen-bond acceptors (Lipinski definition) is 7. The maximum absolute atomic E-state index is 12.9. The van der Waals surface area contributed by atoms with E-state index in [1.165, 1.54) is 12.1 Å². The molecule has 0 saturated carbocycles. The number of aliphatic hydroxyl groups is 1. The number of nitrogens with zero attached hydrogens (tertiary/aromatic N) is 3. The molecule has 9 heteroatoms. The van der Waals surface area contributed by atoms with Crippen molar-refractivity contribution >= 4 is 9.84 Å². The zero-order valence-electron chi connectivity index (χ0n) is 12.4. The molecular formula is C14H16FN3O4S. The smallest absolute Gasteiger partial charge is 0.244 e. The van der Waals surface area contributed by atoms with E-state index in [2.05, 4.69) is 10.1 Å². The maximum atomic E-state index is 12.9. The topological polar surface area (TPSA) is 96.5 Å². The van der Waals surface area contributed by atoms with Crippen molar-refractivity contribution in [3.05, 3.63) is 41.8 Å². The summed E-state index contributed by atoms with van der Waals surface area (Å²) in [5.41, 5.74) is 0. The van der Waals surface area contributed by atoms with Crippen LogP contribution in [0.4, 0.5) is 4.39 Å². The van der Waals surface area contributed by atoms with Crippen molar-refractivity contribution in [2.24, 2.45) is 0 Å². The number of likely N-dealkylation sites (N-methyl/N-ethyl adjacent to an activating group) is 1. The minimum Gasteiger partial charge on any atom is -0.392 e. The maximum Gasteiger partial charge on any atom is 0.244 e. The molecule has 1 aliphatic heterocycles. The van der Waals surface area contributed by atoms with Crippen LogP contribution in [0.15, 0.2) is 33.7 Å². The Hall–Kier alpha value is -1.84. The molecule has 1 saturated heterocycles. The van der Waals surface area contributed by atoms with Gasteiger partial charge in [-0.25, -0.2) is 12.8 Å². The third kappa shape index (κ3) is 3.41. The van der Waals surface area contributed by atoms with Crippen molar-refractivity contribution < 1.29 is 22.4 Å². The summed E-state index contributed by atoms with van der Waals surface area (Å²) in [5, 5.41) is 13.3. The number of sulfone groups is 1. The van der Waals surface area contributed by atoms with Gasteiger partial charge in [0.25, 0.3) is 0 Å². The Bertz CT molecular complexity index is 791. The lowest BCUT2D eigenvalue weighted by Gasteiger charge is -2.13. The third-order valence-electron chi connectivity index (χ3n) is 3.79. The number of β-amino-alcohol motifs (C(OH)–C–C–N with tert-alkyl or cyclic N) is 1. The summed E-state index contributed by atoms with van der Waals surface area (Å²) in [6, 6.07) is 4.35. The van der Waals surface area contributed by atoms with Crippen molar-refractivity contribution in [2.45, 2.75) is 29.2 Å². The Kier molecular flexibility index (Phi) is 4.17. The van der Waals surface area contributed by atoms with E-state index in [1.807, 2.05) is 11.9 Å². The highest BCUT2D eigenvalue weighted by atomic mass is 32.2. The lowest BCUT2D eigenvalue weighted by molar-refractivity contribution is 0.182. The Morgan fingerprint density at radius 3 is 2.70 bits per heavy atom. The molecule has 1 fully saturated rings. The first-order chi connectivity index (χ1) is 10.8. The minimum atomic E-state index is -3.68. The average Bonchev–Trinajstić information content (AvgIpc) is 3.05. The molecule has 124 valence electrons. The Morgan fingerprint density at radius 2 is 2.09 bits per heavy atom. The highest BCUT2D eigenvalue weighted by Gasteiger charge is 2.33. The Balaban J connectivity index is 1.77. The molecule has 23 heavy (non-hydrogen) atoms. The molecule has 0 unspecified atom stereocenters. The van der Waals surface area contributed by atoms with E-state index in [9.17, 15) is 17.9 Å². The van der Waals surface area contributed by atoms with Gasteiger partial charge in [-0.2, -0.15) is 4.98 Å². The van der Waals surface area contributed by atoms with Crippen molar-refractivity contribution in [3.8, 4) is 0 Å². The zero-order chi connectivity index (χ0) is 16.6. The molecule has 7 nitrogen and oxygen atoms in total. The highest BCUT2D eigenvalue weighted by molar-refractivity contribution is 7.90. The van der Waals surface area contributed by atoms with Crippen LogP contribution in [-0.4, -0.2) is 48.3 Å².